The van der Waals surface area contributed by atoms with Crippen LogP contribution in [-0.4, -0.2) is 30.8 Å². The molecule has 0 aliphatic carbocycles. The van der Waals surface area contributed by atoms with Gasteiger partial charge in [0.1, 0.15) is 12.4 Å². The minimum Gasteiger partial charge on any atom is -0.479 e. The van der Waals surface area contributed by atoms with E-state index >= 15 is 0 Å². The predicted octanol–water partition coefficient (Wildman–Crippen LogP) is 2.33. The van der Waals surface area contributed by atoms with Crippen LogP contribution in [0.2, 0.25) is 0 Å². The number of benzene rings is 1. The molecule has 6 nitrogen and oxygen atoms in total. The summed E-state index contributed by atoms with van der Waals surface area (Å²) in [5, 5.41) is 2.69. The molecule has 1 aromatic heterocycles. The second kappa shape index (κ2) is 8.58. The Kier molecular flexibility index (Phi) is 5.73. The molecule has 0 unspecified atom stereocenters. The number of rotatable bonds is 5. The molecular formula is C20H18N2O4. The van der Waals surface area contributed by atoms with Crippen molar-refractivity contribution in [1.29, 1.82) is 0 Å². The molecule has 2 aromatic rings. The van der Waals surface area contributed by atoms with Gasteiger partial charge in [-0.25, -0.2) is 0 Å². The van der Waals surface area contributed by atoms with Crippen molar-refractivity contribution >= 4 is 12.0 Å². The van der Waals surface area contributed by atoms with E-state index in [1.165, 1.54) is 6.08 Å². The lowest BCUT2D eigenvalue weighted by Gasteiger charge is -2.00. The highest BCUT2D eigenvalue weighted by Gasteiger charge is 2.12. The maximum absolute atomic E-state index is 11.8. The number of hydrogen-bond donors (Lipinski definition) is 1. The van der Waals surface area contributed by atoms with E-state index in [1.807, 2.05) is 37.3 Å². The summed E-state index contributed by atoms with van der Waals surface area (Å²) in [6, 6.07) is 9.20. The van der Waals surface area contributed by atoms with Gasteiger partial charge in [-0.1, -0.05) is 17.9 Å². The minimum absolute atomic E-state index is 0.222. The Labute approximate surface area is 151 Å². The number of carbonyl (C=O) groups is 1. The van der Waals surface area contributed by atoms with Gasteiger partial charge in [-0.2, -0.15) is 0 Å². The lowest BCUT2D eigenvalue weighted by atomic mass is 10.2. The van der Waals surface area contributed by atoms with E-state index in [0.717, 1.165) is 11.3 Å². The summed E-state index contributed by atoms with van der Waals surface area (Å²) in [7, 11) is 0. The maximum atomic E-state index is 11.8. The summed E-state index contributed by atoms with van der Waals surface area (Å²) < 4.78 is 16.0. The molecule has 26 heavy (non-hydrogen) atoms. The van der Waals surface area contributed by atoms with Crippen LogP contribution >= 0.6 is 0 Å². The van der Waals surface area contributed by atoms with E-state index in [9.17, 15) is 4.79 Å². The van der Waals surface area contributed by atoms with Crippen LogP contribution in [0.25, 0.3) is 6.08 Å². The maximum Gasteiger partial charge on any atom is 0.244 e. The Balaban J connectivity index is 1.38. The Morgan fingerprint density at radius 1 is 1.27 bits per heavy atom. The molecule has 1 aliphatic rings. The van der Waals surface area contributed by atoms with Crippen LogP contribution < -0.4 is 19.5 Å². The Morgan fingerprint density at radius 2 is 2.15 bits per heavy atom. The van der Waals surface area contributed by atoms with Gasteiger partial charge in [-0.05, 0) is 42.8 Å². The largest absolute Gasteiger partial charge is 0.479 e. The molecule has 0 atom stereocenters. The zero-order chi connectivity index (χ0) is 18.2. The second-order valence-electron chi connectivity index (χ2n) is 5.44. The van der Waals surface area contributed by atoms with E-state index in [1.54, 1.807) is 12.3 Å². The molecule has 0 bridgehead atoms. The third-order valence-corrected chi connectivity index (χ3v) is 3.50. The first kappa shape index (κ1) is 17.4. The van der Waals surface area contributed by atoms with Crippen molar-refractivity contribution < 1.29 is 19.0 Å². The first-order chi connectivity index (χ1) is 12.7. The molecule has 1 amide bonds. The van der Waals surface area contributed by atoms with Crippen LogP contribution in [0.15, 0.2) is 42.6 Å². The van der Waals surface area contributed by atoms with Gasteiger partial charge in [0.2, 0.25) is 12.7 Å². The number of aryl methyl sites for hydroxylation is 1. The highest BCUT2D eigenvalue weighted by molar-refractivity contribution is 5.91. The van der Waals surface area contributed by atoms with Crippen LogP contribution in [0, 0.1) is 18.8 Å². The fourth-order valence-electron chi connectivity index (χ4n) is 2.15. The quantitative estimate of drug-likeness (QED) is 0.662. The normalized spacial score (nSPS) is 11.7. The molecule has 1 aliphatic heterocycles. The third kappa shape index (κ3) is 5.02. The number of carbonyl (C=O) groups excluding carboxylic acids is 1. The van der Waals surface area contributed by atoms with Gasteiger partial charge in [0.05, 0.1) is 12.7 Å². The SMILES string of the molecule is Cc1ccc(OCC#CCNC(=O)/C=C/c2ccc3c(c2)OCO3)cn1. The second-order valence-corrected chi connectivity index (χ2v) is 5.44. The summed E-state index contributed by atoms with van der Waals surface area (Å²) in [5.41, 5.74) is 1.79. The fraction of sp³-hybridized carbons (Fsp3) is 0.200. The molecule has 1 aromatic carbocycles. The highest BCUT2D eigenvalue weighted by Crippen LogP contribution is 2.32. The topological polar surface area (TPSA) is 69.7 Å². The standard InChI is InChI=1S/C20H18N2O4/c1-15-4-7-17(13-22-15)24-11-3-2-10-21-20(23)9-6-16-5-8-18-19(12-16)26-14-25-18/h4-9,12-13H,10-11,14H2,1H3,(H,21,23)/b9-6+. The lowest BCUT2D eigenvalue weighted by Crippen LogP contribution is -2.21. The average molecular weight is 350 g/mol. The number of amides is 1. The van der Waals surface area contributed by atoms with Crippen LogP contribution in [0.5, 0.6) is 17.2 Å². The molecule has 6 heteroatoms. The van der Waals surface area contributed by atoms with Gasteiger partial charge in [0, 0.05) is 11.8 Å². The lowest BCUT2D eigenvalue weighted by molar-refractivity contribution is -0.116. The number of ether oxygens (including phenoxy) is 3. The molecule has 0 fully saturated rings. The number of nitrogens with one attached hydrogen (secondary N) is 1. The fourth-order valence-corrected chi connectivity index (χ4v) is 2.15. The van der Waals surface area contributed by atoms with E-state index in [2.05, 4.69) is 22.1 Å². The first-order valence-corrected chi connectivity index (χ1v) is 8.07. The van der Waals surface area contributed by atoms with Crippen molar-refractivity contribution in [3.63, 3.8) is 0 Å². The van der Waals surface area contributed by atoms with Gasteiger partial charge < -0.3 is 19.5 Å². The monoisotopic (exact) mass is 350 g/mol. The van der Waals surface area contributed by atoms with E-state index in [0.29, 0.717) is 17.2 Å². The predicted molar refractivity (Wildman–Crippen MR) is 96.9 cm³/mol. The van der Waals surface area contributed by atoms with Crippen LogP contribution in [0.1, 0.15) is 11.3 Å². The van der Waals surface area contributed by atoms with Gasteiger partial charge in [0.25, 0.3) is 0 Å². The van der Waals surface area contributed by atoms with Crippen molar-refractivity contribution in [1.82, 2.24) is 10.3 Å². The van der Waals surface area contributed by atoms with Crippen LogP contribution in [0.3, 0.4) is 0 Å². The minimum atomic E-state index is -0.222. The van der Waals surface area contributed by atoms with Crippen molar-refractivity contribution in [3.05, 3.63) is 53.9 Å². The van der Waals surface area contributed by atoms with Gasteiger partial charge in [0.15, 0.2) is 11.5 Å². The van der Waals surface area contributed by atoms with Gasteiger partial charge >= 0.3 is 0 Å². The van der Waals surface area contributed by atoms with Gasteiger partial charge in [-0.3, -0.25) is 9.78 Å². The molecule has 0 saturated carbocycles. The van der Waals surface area contributed by atoms with Gasteiger partial charge in [-0.15, -0.1) is 0 Å². The van der Waals surface area contributed by atoms with Crippen LogP contribution in [-0.2, 0) is 4.79 Å². The zero-order valence-corrected chi connectivity index (χ0v) is 14.3. The number of hydrogen-bond acceptors (Lipinski definition) is 5. The smallest absolute Gasteiger partial charge is 0.244 e. The van der Waals surface area contributed by atoms with Crippen molar-refractivity contribution in [2.45, 2.75) is 6.92 Å². The summed E-state index contributed by atoms with van der Waals surface area (Å²) in [6.45, 7) is 2.63. The van der Waals surface area contributed by atoms with E-state index < -0.39 is 0 Å². The Hall–Kier alpha value is -3.46. The van der Waals surface area contributed by atoms with Crippen molar-refractivity contribution in [2.24, 2.45) is 0 Å². The summed E-state index contributed by atoms with van der Waals surface area (Å²) in [6.07, 6.45) is 4.81. The molecule has 0 spiro atoms. The highest BCUT2D eigenvalue weighted by atomic mass is 16.7. The zero-order valence-electron chi connectivity index (χ0n) is 14.3. The molecule has 2 heterocycles. The number of fused-ring (bicyclic) bond motifs is 1. The summed E-state index contributed by atoms with van der Waals surface area (Å²) >= 11 is 0. The van der Waals surface area contributed by atoms with Crippen molar-refractivity contribution in [2.75, 3.05) is 19.9 Å². The summed E-state index contributed by atoms with van der Waals surface area (Å²) in [5.74, 6) is 7.51. The van der Waals surface area contributed by atoms with E-state index in [-0.39, 0.29) is 25.9 Å². The van der Waals surface area contributed by atoms with E-state index in [4.69, 9.17) is 14.2 Å². The van der Waals surface area contributed by atoms with Crippen molar-refractivity contribution in [3.8, 4) is 29.1 Å². The van der Waals surface area contributed by atoms with Crippen LogP contribution in [0.4, 0.5) is 0 Å². The summed E-state index contributed by atoms with van der Waals surface area (Å²) in [4.78, 5) is 15.9. The molecule has 0 saturated heterocycles. The first-order valence-electron chi connectivity index (χ1n) is 8.07. The average Bonchev–Trinajstić information content (AvgIpc) is 3.12. The molecule has 1 N–H and O–H groups in total. The number of nitrogens with zero attached hydrogens (tertiary/aromatic N) is 1. The number of aromatic nitrogens is 1. The third-order valence-electron chi connectivity index (χ3n) is 3.50. The Bertz CT molecular complexity index is 864. The number of pyridine rings is 1. The molecule has 132 valence electrons. The molecular weight excluding hydrogens is 332 g/mol. The molecule has 0 radical (unpaired) electrons. The Morgan fingerprint density at radius 3 is 3.00 bits per heavy atom. The molecule has 3 rings (SSSR count).